The van der Waals surface area contributed by atoms with Crippen molar-refractivity contribution in [3.8, 4) is 0 Å². The summed E-state index contributed by atoms with van der Waals surface area (Å²) in [6, 6.07) is 0. The van der Waals surface area contributed by atoms with Crippen molar-refractivity contribution >= 4 is 11.9 Å². The van der Waals surface area contributed by atoms with Gasteiger partial charge in [-0.2, -0.15) is 0 Å². The monoisotopic (exact) mass is 181 g/mol. The Morgan fingerprint density at radius 3 is 2.46 bits per heavy atom. The zero-order valence-electron chi connectivity index (χ0n) is 7.42. The molecule has 1 aliphatic carbocycles. The van der Waals surface area contributed by atoms with Crippen LogP contribution in [0, 0.1) is 6.08 Å². The van der Waals surface area contributed by atoms with Crippen molar-refractivity contribution in [2.75, 3.05) is 14.2 Å². The van der Waals surface area contributed by atoms with Gasteiger partial charge >= 0.3 is 11.9 Å². The van der Waals surface area contributed by atoms with E-state index in [1.807, 2.05) is 0 Å². The van der Waals surface area contributed by atoms with Gasteiger partial charge in [-0.3, -0.25) is 0 Å². The summed E-state index contributed by atoms with van der Waals surface area (Å²) >= 11 is 0. The quantitative estimate of drug-likeness (QED) is 0.578. The molecule has 0 saturated carbocycles. The lowest BCUT2D eigenvalue weighted by atomic mass is 10.1. The Bertz CT molecular complexity index is 269. The highest BCUT2D eigenvalue weighted by Gasteiger charge is 2.24. The fourth-order valence-electron chi connectivity index (χ4n) is 1.03. The molecule has 0 heterocycles. The minimum Gasteiger partial charge on any atom is -0.465 e. The molecule has 0 aromatic heterocycles. The van der Waals surface area contributed by atoms with Crippen LogP contribution in [0.4, 0.5) is 0 Å². The highest BCUT2D eigenvalue weighted by Crippen LogP contribution is 2.20. The number of allylic oxidation sites excluding steroid dienone is 2. The van der Waals surface area contributed by atoms with E-state index in [1.165, 1.54) is 14.2 Å². The molecule has 69 valence electrons. The summed E-state index contributed by atoms with van der Waals surface area (Å²) in [5, 5.41) is 0. The third-order valence-corrected chi connectivity index (χ3v) is 1.65. The van der Waals surface area contributed by atoms with Crippen LogP contribution in [0.5, 0.6) is 0 Å². The van der Waals surface area contributed by atoms with E-state index < -0.39 is 11.9 Å². The average Bonchev–Trinajstić information content (AvgIpc) is 2.63. The second-order valence-electron chi connectivity index (χ2n) is 2.36. The lowest BCUT2D eigenvalue weighted by molar-refractivity contribution is -0.139. The molecule has 0 amide bonds. The number of hydrogen-bond donors (Lipinski definition) is 0. The summed E-state index contributed by atoms with van der Waals surface area (Å²) in [5.74, 6) is -1.10. The van der Waals surface area contributed by atoms with Crippen LogP contribution >= 0.6 is 0 Å². The van der Waals surface area contributed by atoms with Gasteiger partial charge in [0.1, 0.15) is 0 Å². The fraction of sp³-hybridized carbons (Fsp3) is 0.333. The molecule has 0 bridgehead atoms. The van der Waals surface area contributed by atoms with Crippen LogP contribution in [0.3, 0.4) is 0 Å². The summed E-state index contributed by atoms with van der Waals surface area (Å²) in [6.45, 7) is 0. The van der Waals surface area contributed by atoms with Crippen molar-refractivity contribution in [1.29, 1.82) is 0 Å². The second kappa shape index (κ2) is 3.89. The van der Waals surface area contributed by atoms with Crippen molar-refractivity contribution in [2.24, 2.45) is 0 Å². The molecule has 4 heteroatoms. The number of methoxy groups -OCH3 is 2. The molecule has 0 fully saturated rings. The highest BCUT2D eigenvalue weighted by molar-refractivity contribution is 6.07. The molecule has 4 nitrogen and oxygen atoms in total. The van der Waals surface area contributed by atoms with Gasteiger partial charge in [-0.15, -0.1) is 0 Å². The third kappa shape index (κ3) is 1.77. The maximum absolute atomic E-state index is 11.1. The van der Waals surface area contributed by atoms with E-state index in [0.717, 1.165) is 0 Å². The number of carbonyl (C=O) groups is 2. The largest absolute Gasteiger partial charge is 0.465 e. The normalized spacial score (nSPS) is 14.6. The average molecular weight is 181 g/mol. The highest BCUT2D eigenvalue weighted by atomic mass is 16.5. The minimum absolute atomic E-state index is 0.161. The fourth-order valence-corrected chi connectivity index (χ4v) is 1.03. The third-order valence-electron chi connectivity index (χ3n) is 1.65. The molecular formula is C9H9O4. The predicted molar refractivity (Wildman–Crippen MR) is 43.5 cm³/mol. The molecule has 1 rings (SSSR count). The number of rotatable bonds is 2. The van der Waals surface area contributed by atoms with Crippen molar-refractivity contribution in [2.45, 2.75) is 6.42 Å². The molecule has 0 aromatic carbocycles. The molecule has 13 heavy (non-hydrogen) atoms. The molecule has 1 radical (unpaired) electrons. The van der Waals surface area contributed by atoms with Gasteiger partial charge in [0.05, 0.1) is 25.4 Å². The van der Waals surface area contributed by atoms with E-state index in [0.29, 0.717) is 6.42 Å². The summed E-state index contributed by atoms with van der Waals surface area (Å²) in [4.78, 5) is 22.2. The van der Waals surface area contributed by atoms with Crippen molar-refractivity contribution in [1.82, 2.24) is 0 Å². The summed E-state index contributed by atoms with van der Waals surface area (Å²) in [5.41, 5.74) is 0.392. The number of esters is 2. The van der Waals surface area contributed by atoms with Crippen LogP contribution < -0.4 is 0 Å². The maximum Gasteiger partial charge on any atom is 0.339 e. The molecule has 1 aliphatic rings. The van der Waals surface area contributed by atoms with E-state index in [2.05, 4.69) is 15.5 Å². The van der Waals surface area contributed by atoms with Gasteiger partial charge in [0.2, 0.25) is 0 Å². The molecule has 0 N–H and O–H groups in total. The van der Waals surface area contributed by atoms with Gasteiger partial charge < -0.3 is 9.47 Å². The Balaban J connectivity index is 2.84. The van der Waals surface area contributed by atoms with Crippen LogP contribution in [-0.4, -0.2) is 26.2 Å². The topological polar surface area (TPSA) is 52.6 Å². The number of carbonyl (C=O) groups excluding carboxylic acids is 2. The lowest BCUT2D eigenvalue weighted by Crippen LogP contribution is -2.13. The minimum atomic E-state index is -0.561. The first-order chi connectivity index (χ1) is 6.20. The lowest BCUT2D eigenvalue weighted by Gasteiger charge is -2.03. The molecule has 0 spiro atoms. The Morgan fingerprint density at radius 1 is 1.31 bits per heavy atom. The summed E-state index contributed by atoms with van der Waals surface area (Å²) in [7, 11) is 2.51. The number of ether oxygens (including phenoxy) is 2. The van der Waals surface area contributed by atoms with Crippen LogP contribution in [0.25, 0.3) is 0 Å². The molecule has 0 saturated heterocycles. The van der Waals surface area contributed by atoms with Crippen LogP contribution in [-0.2, 0) is 19.1 Å². The molecule has 0 atom stereocenters. The zero-order chi connectivity index (χ0) is 9.84. The van der Waals surface area contributed by atoms with Gasteiger partial charge in [0.25, 0.3) is 0 Å². The predicted octanol–water partition coefficient (Wildman–Crippen LogP) is 0.392. The van der Waals surface area contributed by atoms with E-state index in [4.69, 9.17) is 0 Å². The van der Waals surface area contributed by atoms with Gasteiger partial charge in [-0.1, -0.05) is 6.08 Å². The first-order valence-corrected chi connectivity index (χ1v) is 3.68. The molecule has 0 aromatic rings. The molecule has 0 aliphatic heterocycles. The standard InChI is InChI=1S/C9H9O4/c1-12-8(10)6-4-3-5-7(6)9(11)13-2/h4H,3H2,1-2H3. The van der Waals surface area contributed by atoms with Gasteiger partial charge in [0.15, 0.2) is 0 Å². The van der Waals surface area contributed by atoms with Crippen LogP contribution in [0.2, 0.25) is 0 Å². The van der Waals surface area contributed by atoms with Crippen molar-refractivity contribution in [3.05, 3.63) is 23.3 Å². The van der Waals surface area contributed by atoms with E-state index in [-0.39, 0.29) is 11.1 Å². The molecular weight excluding hydrogens is 172 g/mol. The summed E-state index contributed by atoms with van der Waals surface area (Å²) < 4.78 is 8.96. The number of hydrogen-bond acceptors (Lipinski definition) is 4. The van der Waals surface area contributed by atoms with Crippen LogP contribution in [0.1, 0.15) is 6.42 Å². The summed E-state index contributed by atoms with van der Waals surface area (Å²) in [6.07, 6.45) is 4.74. The van der Waals surface area contributed by atoms with Gasteiger partial charge in [0, 0.05) is 0 Å². The van der Waals surface area contributed by atoms with Gasteiger partial charge in [-0.25, -0.2) is 9.59 Å². The Kier molecular flexibility index (Phi) is 2.84. The smallest absolute Gasteiger partial charge is 0.339 e. The second-order valence-corrected chi connectivity index (χ2v) is 2.36. The zero-order valence-corrected chi connectivity index (χ0v) is 7.42. The van der Waals surface area contributed by atoms with E-state index >= 15 is 0 Å². The van der Waals surface area contributed by atoms with Crippen LogP contribution in [0.15, 0.2) is 17.2 Å². The SMILES string of the molecule is COC(=O)C1=[C]CC=C1C(=O)OC. The Hall–Kier alpha value is -1.58. The van der Waals surface area contributed by atoms with Crippen molar-refractivity contribution < 1.29 is 19.1 Å². The first kappa shape index (κ1) is 9.51. The van der Waals surface area contributed by atoms with E-state index in [1.54, 1.807) is 6.08 Å². The first-order valence-electron chi connectivity index (χ1n) is 3.68. The maximum atomic E-state index is 11.1. The van der Waals surface area contributed by atoms with Crippen molar-refractivity contribution in [3.63, 3.8) is 0 Å². The van der Waals surface area contributed by atoms with Gasteiger partial charge in [-0.05, 0) is 12.5 Å². The molecule has 0 unspecified atom stereocenters. The Labute approximate surface area is 75.8 Å². The van der Waals surface area contributed by atoms with E-state index in [9.17, 15) is 9.59 Å². The Morgan fingerprint density at radius 2 is 1.92 bits per heavy atom.